The van der Waals surface area contributed by atoms with E-state index in [-0.39, 0.29) is 5.91 Å². The van der Waals surface area contributed by atoms with Crippen LogP contribution in [0.4, 0.5) is 5.69 Å². The third kappa shape index (κ3) is 3.28. The number of amides is 1. The van der Waals surface area contributed by atoms with Crippen molar-refractivity contribution in [2.75, 3.05) is 12.4 Å². The zero-order chi connectivity index (χ0) is 17.3. The molecule has 126 valence electrons. The highest BCUT2D eigenvalue weighted by Gasteiger charge is 2.17. The summed E-state index contributed by atoms with van der Waals surface area (Å²) < 4.78 is 7.19. The van der Waals surface area contributed by atoms with Crippen molar-refractivity contribution in [2.24, 2.45) is 5.92 Å². The summed E-state index contributed by atoms with van der Waals surface area (Å²) in [5, 5.41) is 8.55. The van der Waals surface area contributed by atoms with E-state index in [1.165, 1.54) is 11.3 Å². The van der Waals surface area contributed by atoms with Gasteiger partial charge in [-0.05, 0) is 31.0 Å². The number of fused-ring (bicyclic) bond motifs is 1. The Morgan fingerprint density at radius 2 is 2.17 bits per heavy atom. The molecule has 0 atom stereocenters. The molecule has 0 saturated carbocycles. The Hall–Kier alpha value is -2.34. The molecule has 0 spiro atoms. The average molecular weight is 343 g/mol. The highest BCUT2D eigenvalue weighted by Crippen LogP contribution is 2.29. The van der Waals surface area contributed by atoms with Gasteiger partial charge < -0.3 is 10.1 Å². The molecule has 5 nitrogen and oxygen atoms in total. The van der Waals surface area contributed by atoms with Gasteiger partial charge in [0.2, 0.25) is 0 Å². The fourth-order valence-electron chi connectivity index (χ4n) is 2.59. The Balaban J connectivity index is 1.87. The minimum Gasteiger partial charge on any atom is -0.497 e. The highest BCUT2D eigenvalue weighted by molar-refractivity contribution is 7.20. The normalized spacial score (nSPS) is 11.2. The zero-order valence-corrected chi connectivity index (χ0v) is 15.1. The largest absolute Gasteiger partial charge is 0.497 e. The van der Waals surface area contributed by atoms with Gasteiger partial charge in [0.15, 0.2) is 0 Å². The van der Waals surface area contributed by atoms with Crippen LogP contribution in [0.15, 0.2) is 30.3 Å². The van der Waals surface area contributed by atoms with Crippen LogP contribution in [-0.2, 0) is 6.54 Å². The van der Waals surface area contributed by atoms with Crippen molar-refractivity contribution in [3.63, 3.8) is 0 Å². The van der Waals surface area contributed by atoms with E-state index >= 15 is 0 Å². The molecule has 2 heterocycles. The second kappa shape index (κ2) is 6.65. The van der Waals surface area contributed by atoms with Crippen LogP contribution in [-0.4, -0.2) is 22.8 Å². The predicted molar refractivity (Wildman–Crippen MR) is 98.1 cm³/mol. The van der Waals surface area contributed by atoms with Gasteiger partial charge in [0.05, 0.1) is 17.7 Å². The van der Waals surface area contributed by atoms with Crippen LogP contribution in [0, 0.1) is 12.8 Å². The number of aromatic nitrogens is 2. The lowest BCUT2D eigenvalue weighted by Crippen LogP contribution is -2.10. The van der Waals surface area contributed by atoms with Gasteiger partial charge in [-0.15, -0.1) is 11.3 Å². The SMILES string of the molecule is COc1cccc(NC(=O)c2cc3c(C)nn(CC(C)C)c3s2)c1. The third-order valence-corrected chi connectivity index (χ3v) is 4.84. The quantitative estimate of drug-likeness (QED) is 0.750. The van der Waals surface area contributed by atoms with Crippen LogP contribution in [0.3, 0.4) is 0 Å². The number of nitrogens with one attached hydrogen (secondary N) is 1. The number of benzene rings is 1. The summed E-state index contributed by atoms with van der Waals surface area (Å²) >= 11 is 1.48. The van der Waals surface area contributed by atoms with E-state index in [0.29, 0.717) is 16.5 Å². The topological polar surface area (TPSA) is 56.1 Å². The molecule has 0 aliphatic rings. The Kier molecular flexibility index (Phi) is 4.57. The first-order valence-corrected chi connectivity index (χ1v) is 8.72. The van der Waals surface area contributed by atoms with E-state index in [2.05, 4.69) is 24.3 Å². The number of carbonyl (C=O) groups excluding carboxylic acids is 1. The molecular weight excluding hydrogens is 322 g/mol. The molecule has 0 aliphatic carbocycles. The number of carbonyl (C=O) groups is 1. The van der Waals surface area contributed by atoms with E-state index in [0.717, 1.165) is 28.1 Å². The molecule has 1 aromatic carbocycles. The molecule has 24 heavy (non-hydrogen) atoms. The van der Waals surface area contributed by atoms with E-state index in [1.807, 2.05) is 35.9 Å². The molecule has 1 amide bonds. The summed E-state index contributed by atoms with van der Waals surface area (Å²) in [6.07, 6.45) is 0. The molecule has 0 bridgehead atoms. The number of rotatable bonds is 5. The van der Waals surface area contributed by atoms with Crippen LogP contribution in [0.5, 0.6) is 5.75 Å². The number of hydrogen-bond acceptors (Lipinski definition) is 4. The number of methoxy groups -OCH3 is 1. The molecule has 0 fully saturated rings. The summed E-state index contributed by atoms with van der Waals surface area (Å²) in [5.41, 5.74) is 1.68. The highest BCUT2D eigenvalue weighted by atomic mass is 32.1. The van der Waals surface area contributed by atoms with E-state index in [4.69, 9.17) is 4.74 Å². The molecule has 1 N–H and O–H groups in total. The Morgan fingerprint density at radius 1 is 1.38 bits per heavy atom. The van der Waals surface area contributed by atoms with Crippen LogP contribution in [0.25, 0.3) is 10.2 Å². The Morgan fingerprint density at radius 3 is 2.88 bits per heavy atom. The Bertz CT molecular complexity index is 880. The molecule has 3 rings (SSSR count). The van der Waals surface area contributed by atoms with Gasteiger partial charge in [0.25, 0.3) is 5.91 Å². The first kappa shape index (κ1) is 16.5. The van der Waals surface area contributed by atoms with Gasteiger partial charge in [-0.3, -0.25) is 9.48 Å². The predicted octanol–water partition coefficient (Wildman–Crippen LogP) is 4.32. The second-order valence-corrected chi connectivity index (χ2v) is 7.21. The molecule has 0 saturated heterocycles. The summed E-state index contributed by atoms with van der Waals surface area (Å²) in [5.74, 6) is 1.11. The lowest BCUT2D eigenvalue weighted by Gasteiger charge is -2.06. The third-order valence-electron chi connectivity index (χ3n) is 3.70. The fraction of sp³-hybridized carbons (Fsp3) is 0.333. The first-order valence-electron chi connectivity index (χ1n) is 7.90. The zero-order valence-electron chi connectivity index (χ0n) is 14.3. The van der Waals surface area contributed by atoms with Gasteiger partial charge in [-0.2, -0.15) is 5.10 Å². The van der Waals surface area contributed by atoms with Gasteiger partial charge in [0.1, 0.15) is 10.6 Å². The lowest BCUT2D eigenvalue weighted by molar-refractivity contribution is 0.103. The van der Waals surface area contributed by atoms with Crippen LogP contribution < -0.4 is 10.1 Å². The molecule has 0 radical (unpaired) electrons. The summed E-state index contributed by atoms with van der Waals surface area (Å²) in [6.45, 7) is 7.15. The number of anilines is 1. The van der Waals surface area contributed by atoms with Crippen LogP contribution in [0.1, 0.15) is 29.2 Å². The minimum absolute atomic E-state index is 0.111. The van der Waals surface area contributed by atoms with Crippen LogP contribution in [0.2, 0.25) is 0 Å². The van der Waals surface area contributed by atoms with Crippen molar-refractivity contribution < 1.29 is 9.53 Å². The molecule has 3 aromatic rings. The van der Waals surface area contributed by atoms with Crippen molar-refractivity contribution in [1.29, 1.82) is 0 Å². The molecule has 6 heteroatoms. The molecular formula is C18H21N3O2S. The van der Waals surface area contributed by atoms with Crippen molar-refractivity contribution in [1.82, 2.24) is 9.78 Å². The van der Waals surface area contributed by atoms with Gasteiger partial charge in [-0.25, -0.2) is 0 Å². The van der Waals surface area contributed by atoms with Crippen molar-refractivity contribution in [3.8, 4) is 5.75 Å². The van der Waals surface area contributed by atoms with E-state index in [9.17, 15) is 4.79 Å². The summed E-state index contributed by atoms with van der Waals surface area (Å²) in [4.78, 5) is 14.3. The van der Waals surface area contributed by atoms with E-state index in [1.54, 1.807) is 13.2 Å². The molecule has 2 aromatic heterocycles. The summed E-state index contributed by atoms with van der Waals surface area (Å²) in [7, 11) is 1.61. The maximum Gasteiger partial charge on any atom is 0.265 e. The van der Waals surface area contributed by atoms with Crippen LogP contribution >= 0.6 is 11.3 Å². The minimum atomic E-state index is -0.111. The fourth-order valence-corrected chi connectivity index (χ4v) is 3.65. The van der Waals surface area contributed by atoms with Gasteiger partial charge in [0, 0.05) is 23.7 Å². The van der Waals surface area contributed by atoms with Gasteiger partial charge in [-0.1, -0.05) is 19.9 Å². The number of nitrogens with zero attached hydrogens (tertiary/aromatic N) is 2. The van der Waals surface area contributed by atoms with E-state index < -0.39 is 0 Å². The van der Waals surface area contributed by atoms with Gasteiger partial charge >= 0.3 is 0 Å². The monoisotopic (exact) mass is 343 g/mol. The van der Waals surface area contributed by atoms with Crippen molar-refractivity contribution >= 4 is 33.1 Å². The smallest absolute Gasteiger partial charge is 0.265 e. The summed E-state index contributed by atoms with van der Waals surface area (Å²) in [6, 6.07) is 9.27. The number of thiophene rings is 1. The van der Waals surface area contributed by atoms with Crippen molar-refractivity contribution in [3.05, 3.63) is 40.9 Å². The maximum absolute atomic E-state index is 12.6. The number of hydrogen-bond donors (Lipinski definition) is 1. The lowest BCUT2D eigenvalue weighted by atomic mass is 10.2. The average Bonchev–Trinajstić information content (AvgIpc) is 3.09. The second-order valence-electron chi connectivity index (χ2n) is 6.18. The Labute approximate surface area is 145 Å². The first-order chi connectivity index (χ1) is 11.5. The standard InChI is InChI=1S/C18H21N3O2S/c1-11(2)10-21-18-15(12(3)20-21)9-16(24-18)17(22)19-13-6-5-7-14(8-13)23-4/h5-9,11H,10H2,1-4H3,(H,19,22). The number of ether oxygens (including phenoxy) is 1. The molecule has 0 unspecified atom stereocenters. The van der Waals surface area contributed by atoms with Crippen molar-refractivity contribution in [2.45, 2.75) is 27.3 Å². The maximum atomic E-state index is 12.6. The number of aryl methyl sites for hydroxylation is 1. The molecule has 0 aliphatic heterocycles.